The lowest BCUT2D eigenvalue weighted by molar-refractivity contribution is 0.265. The third-order valence-electron chi connectivity index (χ3n) is 4.84. The Bertz CT molecular complexity index is 397. The van der Waals surface area contributed by atoms with Gasteiger partial charge in [0.05, 0.1) is 0 Å². The molecule has 1 aliphatic carbocycles. The zero-order chi connectivity index (χ0) is 14.6. The van der Waals surface area contributed by atoms with Gasteiger partial charge in [0.2, 0.25) is 0 Å². The van der Waals surface area contributed by atoms with Crippen LogP contribution in [0, 0.1) is 17.8 Å². The van der Waals surface area contributed by atoms with Crippen LogP contribution < -0.4 is 4.72 Å². The SMILES string of the molecule is CC1CCCC(CCNS(=O)(=O)N2CCCC(C)C2)C1. The molecule has 3 atom stereocenters. The highest BCUT2D eigenvalue weighted by Crippen LogP contribution is 2.30. The fraction of sp³-hybridized carbons (Fsp3) is 1.00. The van der Waals surface area contributed by atoms with Crippen LogP contribution in [0.2, 0.25) is 0 Å². The number of piperidine rings is 1. The van der Waals surface area contributed by atoms with Crippen LogP contribution in [0.1, 0.15) is 58.8 Å². The molecule has 4 nitrogen and oxygen atoms in total. The molecule has 3 unspecified atom stereocenters. The summed E-state index contributed by atoms with van der Waals surface area (Å²) in [5.74, 6) is 2.01. The molecule has 1 aliphatic heterocycles. The Balaban J connectivity index is 1.74. The smallest absolute Gasteiger partial charge is 0.202 e. The van der Waals surface area contributed by atoms with Gasteiger partial charge >= 0.3 is 0 Å². The molecule has 0 aromatic heterocycles. The van der Waals surface area contributed by atoms with Crippen molar-refractivity contribution in [3.8, 4) is 0 Å². The summed E-state index contributed by atoms with van der Waals surface area (Å²) in [6.07, 6.45) is 8.31. The summed E-state index contributed by atoms with van der Waals surface area (Å²) in [5.41, 5.74) is 0. The van der Waals surface area contributed by atoms with Gasteiger partial charge in [0.1, 0.15) is 0 Å². The van der Waals surface area contributed by atoms with Gasteiger partial charge in [0.25, 0.3) is 10.2 Å². The summed E-state index contributed by atoms with van der Waals surface area (Å²) in [7, 11) is -3.25. The zero-order valence-electron chi connectivity index (χ0n) is 13.0. The fourth-order valence-corrected chi connectivity index (χ4v) is 5.05. The summed E-state index contributed by atoms with van der Waals surface area (Å²) in [4.78, 5) is 0. The molecule has 118 valence electrons. The Hall–Kier alpha value is -0.130. The normalized spacial score (nSPS) is 33.2. The van der Waals surface area contributed by atoms with E-state index in [1.54, 1.807) is 4.31 Å². The van der Waals surface area contributed by atoms with Gasteiger partial charge in [0.15, 0.2) is 0 Å². The second-order valence-corrected chi connectivity index (χ2v) is 8.69. The minimum absolute atomic E-state index is 0.486. The van der Waals surface area contributed by atoms with Crippen LogP contribution in [-0.2, 0) is 10.2 Å². The summed E-state index contributed by atoms with van der Waals surface area (Å²) in [5, 5.41) is 0. The molecule has 0 aromatic rings. The fourth-order valence-electron chi connectivity index (χ4n) is 3.67. The standard InChI is InChI=1S/C15H30N2O2S/c1-13-5-3-7-15(11-13)8-9-16-20(18,19)17-10-4-6-14(2)12-17/h13-16H,3-12H2,1-2H3. The molecule has 2 fully saturated rings. The average Bonchev–Trinajstić information content (AvgIpc) is 2.38. The van der Waals surface area contributed by atoms with E-state index in [-0.39, 0.29) is 0 Å². The predicted octanol–water partition coefficient (Wildman–Crippen LogP) is 2.77. The molecule has 1 N–H and O–H groups in total. The van der Waals surface area contributed by atoms with E-state index in [2.05, 4.69) is 18.6 Å². The van der Waals surface area contributed by atoms with Gasteiger partial charge in [-0.1, -0.05) is 33.1 Å². The van der Waals surface area contributed by atoms with Crippen molar-refractivity contribution in [2.24, 2.45) is 17.8 Å². The highest BCUT2D eigenvalue weighted by molar-refractivity contribution is 7.87. The van der Waals surface area contributed by atoms with Crippen LogP contribution in [0.3, 0.4) is 0 Å². The Morgan fingerprint density at radius 1 is 1.10 bits per heavy atom. The van der Waals surface area contributed by atoms with E-state index in [0.29, 0.717) is 31.5 Å². The van der Waals surface area contributed by atoms with E-state index in [0.717, 1.165) is 25.2 Å². The van der Waals surface area contributed by atoms with Gasteiger partial charge in [0, 0.05) is 19.6 Å². The van der Waals surface area contributed by atoms with E-state index in [4.69, 9.17) is 0 Å². The maximum Gasteiger partial charge on any atom is 0.279 e. The van der Waals surface area contributed by atoms with Crippen molar-refractivity contribution in [1.82, 2.24) is 9.03 Å². The molecule has 0 amide bonds. The molecular formula is C15H30N2O2S. The van der Waals surface area contributed by atoms with Gasteiger partial charge in [-0.3, -0.25) is 0 Å². The predicted molar refractivity (Wildman–Crippen MR) is 82.6 cm³/mol. The Kier molecular flexibility index (Phi) is 5.87. The molecule has 2 rings (SSSR count). The second-order valence-electron chi connectivity index (χ2n) is 6.93. The molecule has 2 aliphatic rings. The maximum atomic E-state index is 12.3. The summed E-state index contributed by atoms with van der Waals surface area (Å²) in [6, 6.07) is 0. The lowest BCUT2D eigenvalue weighted by Gasteiger charge is -2.30. The van der Waals surface area contributed by atoms with Crippen molar-refractivity contribution in [2.75, 3.05) is 19.6 Å². The summed E-state index contributed by atoms with van der Waals surface area (Å²) < 4.78 is 28.9. The van der Waals surface area contributed by atoms with Crippen LogP contribution in [0.25, 0.3) is 0 Å². The highest BCUT2D eigenvalue weighted by Gasteiger charge is 2.27. The van der Waals surface area contributed by atoms with Crippen LogP contribution in [0.4, 0.5) is 0 Å². The Morgan fingerprint density at radius 2 is 1.85 bits per heavy atom. The monoisotopic (exact) mass is 302 g/mol. The molecule has 1 saturated heterocycles. The van der Waals surface area contributed by atoms with Gasteiger partial charge in [-0.05, 0) is 43.4 Å². The summed E-state index contributed by atoms with van der Waals surface area (Å²) >= 11 is 0. The van der Waals surface area contributed by atoms with Crippen molar-refractivity contribution in [1.29, 1.82) is 0 Å². The molecule has 0 bridgehead atoms. The van der Waals surface area contributed by atoms with Crippen LogP contribution in [-0.4, -0.2) is 32.4 Å². The highest BCUT2D eigenvalue weighted by atomic mass is 32.2. The second kappa shape index (κ2) is 7.23. The lowest BCUT2D eigenvalue weighted by Crippen LogP contribution is -2.46. The molecule has 1 heterocycles. The lowest BCUT2D eigenvalue weighted by atomic mass is 9.81. The summed E-state index contributed by atoms with van der Waals surface area (Å²) in [6.45, 7) is 6.40. The number of nitrogens with one attached hydrogen (secondary N) is 1. The van der Waals surface area contributed by atoms with E-state index in [1.165, 1.54) is 25.7 Å². The van der Waals surface area contributed by atoms with E-state index < -0.39 is 10.2 Å². The maximum absolute atomic E-state index is 12.3. The Labute approximate surface area is 124 Å². The largest absolute Gasteiger partial charge is 0.279 e. The van der Waals surface area contributed by atoms with Crippen LogP contribution in [0.5, 0.6) is 0 Å². The molecule has 1 saturated carbocycles. The van der Waals surface area contributed by atoms with Crippen LogP contribution >= 0.6 is 0 Å². The molecule has 0 spiro atoms. The van der Waals surface area contributed by atoms with Gasteiger partial charge in [-0.25, -0.2) is 4.72 Å². The van der Waals surface area contributed by atoms with Crippen molar-refractivity contribution in [3.63, 3.8) is 0 Å². The quantitative estimate of drug-likeness (QED) is 0.849. The van der Waals surface area contributed by atoms with E-state index >= 15 is 0 Å². The van der Waals surface area contributed by atoms with Gasteiger partial charge in [-0.15, -0.1) is 0 Å². The molecule has 0 radical (unpaired) electrons. The number of hydrogen-bond donors (Lipinski definition) is 1. The first-order valence-corrected chi connectivity index (χ1v) is 9.66. The molecule has 5 heteroatoms. The van der Waals surface area contributed by atoms with Crippen molar-refractivity contribution in [2.45, 2.75) is 58.8 Å². The van der Waals surface area contributed by atoms with Crippen molar-refractivity contribution < 1.29 is 8.42 Å². The molecular weight excluding hydrogens is 272 g/mol. The zero-order valence-corrected chi connectivity index (χ0v) is 13.8. The molecule has 20 heavy (non-hydrogen) atoms. The minimum atomic E-state index is -3.25. The van der Waals surface area contributed by atoms with E-state index in [9.17, 15) is 8.42 Å². The van der Waals surface area contributed by atoms with Gasteiger partial charge < -0.3 is 0 Å². The minimum Gasteiger partial charge on any atom is -0.202 e. The number of nitrogens with zero attached hydrogens (tertiary/aromatic N) is 1. The third kappa shape index (κ3) is 4.71. The first-order valence-electron chi connectivity index (χ1n) is 8.22. The number of rotatable bonds is 5. The first-order chi connectivity index (χ1) is 9.47. The van der Waals surface area contributed by atoms with Gasteiger partial charge in [-0.2, -0.15) is 12.7 Å². The third-order valence-corrected chi connectivity index (χ3v) is 6.42. The topological polar surface area (TPSA) is 49.4 Å². The van der Waals surface area contributed by atoms with E-state index in [1.807, 2.05) is 0 Å². The number of hydrogen-bond acceptors (Lipinski definition) is 2. The van der Waals surface area contributed by atoms with Crippen molar-refractivity contribution >= 4 is 10.2 Å². The Morgan fingerprint density at radius 3 is 2.55 bits per heavy atom. The van der Waals surface area contributed by atoms with Crippen LogP contribution in [0.15, 0.2) is 0 Å². The van der Waals surface area contributed by atoms with Crippen molar-refractivity contribution in [3.05, 3.63) is 0 Å². The average molecular weight is 302 g/mol. The first kappa shape index (κ1) is 16.2. The molecule has 0 aromatic carbocycles.